The molecule has 0 saturated carbocycles. The summed E-state index contributed by atoms with van der Waals surface area (Å²) in [5, 5.41) is 8.81. The molecule has 5 nitrogen and oxygen atoms in total. The molecule has 0 saturated heterocycles. The number of ether oxygens (including phenoxy) is 2. The number of benzene rings is 1. The van der Waals surface area contributed by atoms with Crippen molar-refractivity contribution in [3.63, 3.8) is 0 Å². The molecule has 0 bridgehead atoms. The van der Waals surface area contributed by atoms with Crippen molar-refractivity contribution in [1.82, 2.24) is 4.98 Å². The number of hydrogen-bond donors (Lipinski definition) is 1. The molecular weight excluding hydrogens is 363 g/mol. The third-order valence-corrected chi connectivity index (χ3v) is 3.78. The van der Waals surface area contributed by atoms with Gasteiger partial charge in [0, 0.05) is 6.42 Å². The van der Waals surface area contributed by atoms with Crippen LogP contribution in [0.2, 0.25) is 0 Å². The van der Waals surface area contributed by atoms with Gasteiger partial charge in [-0.2, -0.15) is 13.2 Å². The number of aromatic nitrogens is 1. The van der Waals surface area contributed by atoms with Gasteiger partial charge in [-0.3, -0.25) is 4.79 Å². The summed E-state index contributed by atoms with van der Waals surface area (Å²) in [5.41, 5.74) is -0.0396. The molecule has 8 heteroatoms. The zero-order chi connectivity index (χ0) is 19.9. The predicted octanol–water partition coefficient (Wildman–Crippen LogP) is 4.53. The van der Waals surface area contributed by atoms with E-state index >= 15 is 0 Å². The van der Waals surface area contributed by atoms with Crippen molar-refractivity contribution in [3.05, 3.63) is 53.9 Å². The molecular formula is C19H20F3NO4. The molecule has 1 heterocycles. The van der Waals surface area contributed by atoms with E-state index < -0.39 is 17.8 Å². The van der Waals surface area contributed by atoms with E-state index in [-0.39, 0.29) is 24.7 Å². The molecule has 2 aromatic rings. The second-order valence-corrected chi connectivity index (χ2v) is 6.00. The fourth-order valence-corrected chi connectivity index (χ4v) is 2.34. The molecule has 0 radical (unpaired) electrons. The maximum absolute atomic E-state index is 12.4. The monoisotopic (exact) mass is 383 g/mol. The number of rotatable bonds is 9. The second-order valence-electron chi connectivity index (χ2n) is 6.00. The number of carbonyl (C=O) groups is 1. The largest absolute Gasteiger partial charge is 0.493 e. The topological polar surface area (TPSA) is 68.7 Å². The number of pyridine rings is 1. The van der Waals surface area contributed by atoms with E-state index in [1.165, 1.54) is 6.07 Å². The Balaban J connectivity index is 1.70. The summed E-state index contributed by atoms with van der Waals surface area (Å²) < 4.78 is 48.1. The Bertz CT molecular complexity index is 730. The lowest BCUT2D eigenvalue weighted by atomic mass is 9.98. The lowest BCUT2D eigenvalue weighted by Crippen LogP contribution is -2.08. The Morgan fingerprint density at radius 3 is 2.19 bits per heavy atom. The maximum atomic E-state index is 12.4. The molecule has 1 N–H and O–H groups in total. The van der Waals surface area contributed by atoms with Crippen LogP contribution in [0.1, 0.15) is 36.9 Å². The van der Waals surface area contributed by atoms with Gasteiger partial charge in [0.05, 0.1) is 25.8 Å². The highest BCUT2D eigenvalue weighted by Crippen LogP contribution is 2.28. The molecule has 0 aliphatic heterocycles. The molecule has 27 heavy (non-hydrogen) atoms. The predicted molar refractivity (Wildman–Crippen MR) is 92.0 cm³/mol. The van der Waals surface area contributed by atoms with Crippen LogP contribution in [0, 0.1) is 0 Å². The Hall–Kier alpha value is -2.77. The standard InChI is InChI=1S/C19H20F3NO4/c1-13(11-18(24)25)14-3-5-15(6-4-14)26-9-2-10-27-16-7-8-17(23-12-16)19(20,21)22/h3-8,12-13H,2,9-11H2,1H3,(H,24,25). The van der Waals surface area contributed by atoms with Gasteiger partial charge < -0.3 is 14.6 Å². The van der Waals surface area contributed by atoms with Gasteiger partial charge in [-0.05, 0) is 35.7 Å². The molecule has 1 aromatic heterocycles. The molecule has 0 fully saturated rings. The summed E-state index contributed by atoms with van der Waals surface area (Å²) in [5.74, 6) is -0.00870. The van der Waals surface area contributed by atoms with Gasteiger partial charge in [-0.1, -0.05) is 19.1 Å². The van der Waals surface area contributed by atoms with E-state index in [0.717, 1.165) is 17.8 Å². The van der Waals surface area contributed by atoms with Crippen LogP contribution in [0.15, 0.2) is 42.6 Å². The first-order chi connectivity index (χ1) is 12.8. The van der Waals surface area contributed by atoms with Gasteiger partial charge in [0.25, 0.3) is 0 Å². The third-order valence-electron chi connectivity index (χ3n) is 3.78. The van der Waals surface area contributed by atoms with Crippen molar-refractivity contribution in [2.45, 2.75) is 31.9 Å². The van der Waals surface area contributed by atoms with E-state index in [1.54, 1.807) is 12.1 Å². The molecule has 0 aliphatic carbocycles. The first-order valence-electron chi connectivity index (χ1n) is 8.36. The third kappa shape index (κ3) is 6.80. The fourth-order valence-electron chi connectivity index (χ4n) is 2.34. The van der Waals surface area contributed by atoms with E-state index in [0.29, 0.717) is 18.8 Å². The molecule has 0 amide bonds. The smallest absolute Gasteiger partial charge is 0.433 e. The average Bonchev–Trinajstić information content (AvgIpc) is 2.61. The van der Waals surface area contributed by atoms with Crippen LogP contribution in [-0.4, -0.2) is 29.3 Å². The minimum absolute atomic E-state index is 0.0658. The van der Waals surface area contributed by atoms with Crippen molar-refractivity contribution >= 4 is 5.97 Å². The lowest BCUT2D eigenvalue weighted by Gasteiger charge is -2.11. The van der Waals surface area contributed by atoms with Crippen LogP contribution in [-0.2, 0) is 11.0 Å². The summed E-state index contributed by atoms with van der Waals surface area (Å²) in [6.45, 7) is 2.50. The van der Waals surface area contributed by atoms with Crippen molar-refractivity contribution in [2.75, 3.05) is 13.2 Å². The number of hydrogen-bond acceptors (Lipinski definition) is 4. The minimum atomic E-state index is -4.46. The highest BCUT2D eigenvalue weighted by atomic mass is 19.4. The molecule has 1 atom stereocenters. The first-order valence-corrected chi connectivity index (χ1v) is 8.36. The van der Waals surface area contributed by atoms with E-state index in [4.69, 9.17) is 14.6 Å². The molecule has 0 spiro atoms. The Kier molecular flexibility index (Phi) is 7.04. The van der Waals surface area contributed by atoms with Crippen molar-refractivity contribution in [2.24, 2.45) is 0 Å². The van der Waals surface area contributed by atoms with Crippen LogP contribution in [0.25, 0.3) is 0 Å². The van der Waals surface area contributed by atoms with Gasteiger partial charge >= 0.3 is 12.1 Å². The van der Waals surface area contributed by atoms with Gasteiger partial charge in [0.1, 0.15) is 17.2 Å². The number of carboxylic acids is 1. The van der Waals surface area contributed by atoms with Crippen LogP contribution < -0.4 is 9.47 Å². The van der Waals surface area contributed by atoms with Gasteiger partial charge in [-0.25, -0.2) is 4.98 Å². The Labute approximate surface area is 154 Å². The van der Waals surface area contributed by atoms with E-state index in [1.807, 2.05) is 19.1 Å². The lowest BCUT2D eigenvalue weighted by molar-refractivity contribution is -0.141. The summed E-state index contributed by atoms with van der Waals surface area (Å²) in [6.07, 6.45) is -2.82. The summed E-state index contributed by atoms with van der Waals surface area (Å²) >= 11 is 0. The van der Waals surface area contributed by atoms with Crippen molar-refractivity contribution < 1.29 is 32.5 Å². The first kappa shape index (κ1) is 20.5. The summed E-state index contributed by atoms with van der Waals surface area (Å²) in [6, 6.07) is 9.30. The maximum Gasteiger partial charge on any atom is 0.433 e. The SMILES string of the molecule is CC(CC(=O)O)c1ccc(OCCCOc2ccc(C(F)(F)F)nc2)cc1. The number of aliphatic carboxylic acids is 1. The summed E-state index contributed by atoms with van der Waals surface area (Å²) in [4.78, 5) is 14.0. The second kappa shape index (κ2) is 9.25. The molecule has 1 aromatic carbocycles. The van der Waals surface area contributed by atoms with E-state index in [9.17, 15) is 18.0 Å². The highest BCUT2D eigenvalue weighted by Gasteiger charge is 2.32. The normalized spacial score (nSPS) is 12.4. The Morgan fingerprint density at radius 2 is 1.67 bits per heavy atom. The summed E-state index contributed by atoms with van der Waals surface area (Å²) in [7, 11) is 0. The number of nitrogens with zero attached hydrogens (tertiary/aromatic N) is 1. The molecule has 0 aliphatic rings. The van der Waals surface area contributed by atoms with Crippen LogP contribution in [0.4, 0.5) is 13.2 Å². The van der Waals surface area contributed by atoms with Crippen LogP contribution >= 0.6 is 0 Å². The van der Waals surface area contributed by atoms with E-state index in [2.05, 4.69) is 4.98 Å². The Morgan fingerprint density at radius 1 is 1.07 bits per heavy atom. The highest BCUT2D eigenvalue weighted by molar-refractivity contribution is 5.67. The zero-order valence-corrected chi connectivity index (χ0v) is 14.7. The number of carboxylic acid groups (broad SMARTS) is 1. The molecule has 1 unspecified atom stereocenters. The minimum Gasteiger partial charge on any atom is -0.493 e. The van der Waals surface area contributed by atoms with Gasteiger partial charge in [0.15, 0.2) is 0 Å². The van der Waals surface area contributed by atoms with Crippen LogP contribution in [0.3, 0.4) is 0 Å². The number of alkyl halides is 3. The van der Waals surface area contributed by atoms with Crippen molar-refractivity contribution in [1.29, 1.82) is 0 Å². The van der Waals surface area contributed by atoms with Crippen LogP contribution in [0.5, 0.6) is 11.5 Å². The van der Waals surface area contributed by atoms with Gasteiger partial charge in [-0.15, -0.1) is 0 Å². The number of halogens is 3. The van der Waals surface area contributed by atoms with Crippen molar-refractivity contribution in [3.8, 4) is 11.5 Å². The average molecular weight is 383 g/mol. The molecule has 2 rings (SSSR count). The zero-order valence-electron chi connectivity index (χ0n) is 14.7. The fraction of sp³-hybridized carbons (Fsp3) is 0.368. The van der Waals surface area contributed by atoms with Gasteiger partial charge in [0.2, 0.25) is 0 Å². The quantitative estimate of drug-likeness (QED) is 0.645. The molecule has 146 valence electrons.